The largest absolute Gasteiger partial charge is 0.507 e. The number of piperazine rings is 1. The van der Waals surface area contributed by atoms with Crippen molar-refractivity contribution in [2.75, 3.05) is 44.7 Å². The molecule has 0 amide bonds. The van der Waals surface area contributed by atoms with E-state index in [1.807, 2.05) is 18.2 Å². The van der Waals surface area contributed by atoms with Crippen molar-refractivity contribution >= 4 is 16.7 Å². The number of nitrogens with zero attached hydrogens (tertiary/aromatic N) is 2. The molecule has 2 aromatic carbocycles. The lowest BCUT2D eigenvalue weighted by Gasteiger charge is -2.36. The molecule has 0 aliphatic carbocycles. The van der Waals surface area contributed by atoms with Crippen LogP contribution in [0.1, 0.15) is 5.76 Å². The third-order valence-electron chi connectivity index (χ3n) is 5.26. The Balaban J connectivity index is 1.38. The third-order valence-corrected chi connectivity index (χ3v) is 5.26. The fourth-order valence-corrected chi connectivity index (χ4v) is 3.74. The van der Waals surface area contributed by atoms with Crippen LogP contribution in [0.15, 0.2) is 57.7 Å². The van der Waals surface area contributed by atoms with Crippen LogP contribution in [0.5, 0.6) is 11.5 Å². The maximum Gasteiger partial charge on any atom is 0.196 e. The lowest BCUT2D eigenvalue weighted by Crippen LogP contribution is -2.47. The van der Waals surface area contributed by atoms with Crippen molar-refractivity contribution in [2.45, 2.75) is 6.42 Å². The fraction of sp³-hybridized carbons (Fsp3) is 0.318. The summed E-state index contributed by atoms with van der Waals surface area (Å²) in [5.74, 6) is 1.51. The van der Waals surface area contributed by atoms with E-state index in [4.69, 9.17) is 9.15 Å². The number of para-hydroxylation sites is 2. The van der Waals surface area contributed by atoms with E-state index in [1.54, 1.807) is 19.2 Å². The molecule has 1 fully saturated rings. The number of phenolic OH excluding ortho intramolecular Hbond substituents is 1. The van der Waals surface area contributed by atoms with Crippen LogP contribution < -0.4 is 15.1 Å². The minimum absolute atomic E-state index is 0.0368. The van der Waals surface area contributed by atoms with E-state index in [1.165, 1.54) is 12.1 Å². The number of methoxy groups -OCH3 is 1. The van der Waals surface area contributed by atoms with Gasteiger partial charge in [-0.15, -0.1) is 0 Å². The predicted octanol–water partition coefficient (Wildman–Crippen LogP) is 2.87. The second-order valence-corrected chi connectivity index (χ2v) is 6.98. The molecule has 6 nitrogen and oxygen atoms in total. The summed E-state index contributed by atoms with van der Waals surface area (Å²) in [6.07, 6.45) is 0.662. The Labute approximate surface area is 163 Å². The maximum absolute atomic E-state index is 12.3. The number of benzene rings is 2. The van der Waals surface area contributed by atoms with Crippen LogP contribution in [0.25, 0.3) is 11.0 Å². The Morgan fingerprint density at radius 2 is 1.86 bits per heavy atom. The van der Waals surface area contributed by atoms with Crippen LogP contribution >= 0.6 is 0 Å². The summed E-state index contributed by atoms with van der Waals surface area (Å²) in [6, 6.07) is 14.5. The first-order valence-electron chi connectivity index (χ1n) is 9.51. The smallest absolute Gasteiger partial charge is 0.196 e. The number of fused-ring (bicyclic) bond motifs is 1. The zero-order valence-corrected chi connectivity index (χ0v) is 15.9. The molecule has 1 aliphatic heterocycles. The minimum Gasteiger partial charge on any atom is -0.507 e. The van der Waals surface area contributed by atoms with Crippen molar-refractivity contribution in [2.24, 2.45) is 0 Å². The monoisotopic (exact) mass is 380 g/mol. The molecule has 146 valence electrons. The van der Waals surface area contributed by atoms with Gasteiger partial charge in [0.25, 0.3) is 0 Å². The second-order valence-electron chi connectivity index (χ2n) is 6.98. The van der Waals surface area contributed by atoms with E-state index in [2.05, 4.69) is 15.9 Å². The van der Waals surface area contributed by atoms with Crippen molar-refractivity contribution in [1.29, 1.82) is 0 Å². The molecular weight excluding hydrogens is 356 g/mol. The summed E-state index contributed by atoms with van der Waals surface area (Å²) in [6.45, 7) is 4.56. The van der Waals surface area contributed by atoms with Crippen molar-refractivity contribution < 1.29 is 14.3 Å². The van der Waals surface area contributed by atoms with Crippen LogP contribution in [0.2, 0.25) is 0 Å². The Kier molecular flexibility index (Phi) is 5.21. The van der Waals surface area contributed by atoms with Crippen LogP contribution in [0.4, 0.5) is 5.69 Å². The van der Waals surface area contributed by atoms with Gasteiger partial charge in [-0.05, 0) is 24.3 Å². The van der Waals surface area contributed by atoms with Crippen molar-refractivity contribution in [3.63, 3.8) is 0 Å². The summed E-state index contributed by atoms with van der Waals surface area (Å²) < 4.78 is 11.3. The van der Waals surface area contributed by atoms with E-state index in [0.717, 1.165) is 44.2 Å². The van der Waals surface area contributed by atoms with Gasteiger partial charge in [0.1, 0.15) is 28.2 Å². The van der Waals surface area contributed by atoms with Gasteiger partial charge >= 0.3 is 0 Å². The molecule has 1 saturated heterocycles. The Morgan fingerprint density at radius 3 is 2.64 bits per heavy atom. The molecule has 3 aromatic rings. The fourth-order valence-electron chi connectivity index (χ4n) is 3.74. The second kappa shape index (κ2) is 7.94. The van der Waals surface area contributed by atoms with Crippen molar-refractivity contribution in [3.05, 3.63) is 64.5 Å². The highest BCUT2D eigenvalue weighted by Gasteiger charge is 2.19. The quantitative estimate of drug-likeness (QED) is 0.734. The number of hydrogen-bond donors (Lipinski definition) is 1. The molecule has 0 saturated carbocycles. The molecule has 1 N–H and O–H groups in total. The number of ether oxygens (including phenoxy) is 1. The lowest BCUT2D eigenvalue weighted by atomic mass is 10.1. The predicted molar refractivity (Wildman–Crippen MR) is 109 cm³/mol. The van der Waals surface area contributed by atoms with Crippen molar-refractivity contribution in [1.82, 2.24) is 4.90 Å². The Hall–Kier alpha value is -2.99. The first-order valence-corrected chi connectivity index (χ1v) is 9.51. The summed E-state index contributed by atoms with van der Waals surface area (Å²) in [4.78, 5) is 17.0. The van der Waals surface area contributed by atoms with Gasteiger partial charge in [0.05, 0.1) is 12.8 Å². The van der Waals surface area contributed by atoms with Gasteiger partial charge in [0, 0.05) is 45.2 Å². The maximum atomic E-state index is 12.3. The highest BCUT2D eigenvalue weighted by atomic mass is 16.5. The van der Waals surface area contributed by atoms with Crippen molar-refractivity contribution in [3.8, 4) is 11.5 Å². The molecule has 6 heteroatoms. The minimum atomic E-state index is -0.199. The topological polar surface area (TPSA) is 66.2 Å². The average Bonchev–Trinajstić information content (AvgIpc) is 2.72. The Bertz CT molecular complexity index is 1020. The highest BCUT2D eigenvalue weighted by Crippen LogP contribution is 2.28. The van der Waals surface area contributed by atoms with Gasteiger partial charge in [0.2, 0.25) is 0 Å². The zero-order chi connectivity index (χ0) is 19.5. The first-order chi connectivity index (χ1) is 13.7. The highest BCUT2D eigenvalue weighted by molar-refractivity contribution is 5.82. The van der Waals surface area contributed by atoms with Gasteiger partial charge in [-0.2, -0.15) is 0 Å². The molecule has 1 aliphatic rings. The van der Waals surface area contributed by atoms with Gasteiger partial charge < -0.3 is 19.2 Å². The van der Waals surface area contributed by atoms with E-state index in [0.29, 0.717) is 17.8 Å². The van der Waals surface area contributed by atoms with Crippen LogP contribution in [-0.4, -0.2) is 49.8 Å². The third kappa shape index (κ3) is 3.68. The average molecular weight is 380 g/mol. The van der Waals surface area contributed by atoms with Gasteiger partial charge in [-0.3, -0.25) is 9.69 Å². The number of rotatable bonds is 5. The standard InChI is InChI=1S/C22H24N2O4/c1-27-20-7-3-2-5-17(20)24-13-11-23(12-14-24)10-9-16-15-19(26)22-18(25)6-4-8-21(22)28-16/h2-8,15,25H,9-14H2,1H3. The number of hydrogen-bond acceptors (Lipinski definition) is 6. The molecule has 1 aromatic heterocycles. The van der Waals surface area contributed by atoms with Crippen LogP contribution in [0, 0.1) is 0 Å². The molecule has 0 bridgehead atoms. The number of anilines is 1. The van der Waals surface area contributed by atoms with Gasteiger partial charge in [0.15, 0.2) is 5.43 Å². The van der Waals surface area contributed by atoms with Crippen LogP contribution in [-0.2, 0) is 6.42 Å². The van der Waals surface area contributed by atoms with Gasteiger partial charge in [-0.25, -0.2) is 0 Å². The normalized spacial score (nSPS) is 15.1. The Morgan fingerprint density at radius 1 is 1.07 bits per heavy atom. The van der Waals surface area contributed by atoms with Gasteiger partial charge in [-0.1, -0.05) is 18.2 Å². The number of phenols is 1. The molecule has 0 atom stereocenters. The van der Waals surface area contributed by atoms with E-state index < -0.39 is 0 Å². The van der Waals surface area contributed by atoms with E-state index >= 15 is 0 Å². The summed E-state index contributed by atoms with van der Waals surface area (Å²) >= 11 is 0. The molecule has 0 radical (unpaired) electrons. The summed E-state index contributed by atoms with van der Waals surface area (Å²) in [5, 5.41) is 10.1. The molecular formula is C22H24N2O4. The molecule has 2 heterocycles. The molecule has 0 spiro atoms. The lowest BCUT2D eigenvalue weighted by molar-refractivity contribution is 0.255. The SMILES string of the molecule is COc1ccccc1N1CCN(CCc2cc(=O)c3c(O)cccc3o2)CC1. The zero-order valence-electron chi connectivity index (χ0n) is 15.9. The molecule has 28 heavy (non-hydrogen) atoms. The van der Waals surface area contributed by atoms with E-state index in [9.17, 15) is 9.90 Å². The molecule has 0 unspecified atom stereocenters. The van der Waals surface area contributed by atoms with Crippen LogP contribution in [0.3, 0.4) is 0 Å². The first kappa shape index (κ1) is 18.4. The molecule has 4 rings (SSSR count). The van der Waals surface area contributed by atoms with E-state index in [-0.39, 0.29) is 16.6 Å². The summed E-state index contributed by atoms with van der Waals surface area (Å²) in [5.41, 5.74) is 1.36. The summed E-state index contributed by atoms with van der Waals surface area (Å²) in [7, 11) is 1.70. The number of aromatic hydroxyl groups is 1.